The van der Waals surface area contributed by atoms with Crippen LogP contribution in [-0.2, 0) is 5.54 Å². The van der Waals surface area contributed by atoms with Gasteiger partial charge in [-0.2, -0.15) is 0 Å². The molecule has 2 N–H and O–H groups in total. The maximum absolute atomic E-state index is 13.8. The minimum Gasteiger partial charge on any atom is -0.338 e. The van der Waals surface area contributed by atoms with Gasteiger partial charge in [0.1, 0.15) is 5.82 Å². The van der Waals surface area contributed by atoms with Gasteiger partial charge in [-0.15, -0.1) is 0 Å². The van der Waals surface area contributed by atoms with Crippen LogP contribution in [0, 0.1) is 5.82 Å². The second kappa shape index (κ2) is 7.88. The first kappa shape index (κ1) is 16.5. The van der Waals surface area contributed by atoms with Crippen molar-refractivity contribution in [1.82, 2.24) is 10.6 Å². The fourth-order valence-corrected chi connectivity index (χ4v) is 2.12. The van der Waals surface area contributed by atoms with Gasteiger partial charge in [-0.1, -0.05) is 44.4 Å². The summed E-state index contributed by atoms with van der Waals surface area (Å²) in [6, 6.07) is 6.25. The Labute approximate surface area is 121 Å². The summed E-state index contributed by atoms with van der Waals surface area (Å²) in [4.78, 5) is 11.8. The van der Waals surface area contributed by atoms with Crippen molar-refractivity contribution in [1.29, 1.82) is 0 Å². The molecule has 0 saturated heterocycles. The average molecular weight is 280 g/mol. The average Bonchev–Trinajstić information content (AvgIpc) is 2.38. The van der Waals surface area contributed by atoms with Gasteiger partial charge in [-0.3, -0.25) is 0 Å². The van der Waals surface area contributed by atoms with Gasteiger partial charge in [0.05, 0.1) is 5.54 Å². The highest BCUT2D eigenvalue weighted by atomic mass is 19.1. The number of carbonyl (C=O) groups is 1. The number of amides is 2. The molecule has 0 aromatic heterocycles. The van der Waals surface area contributed by atoms with Crippen molar-refractivity contribution in [3.05, 3.63) is 35.6 Å². The number of urea groups is 1. The topological polar surface area (TPSA) is 41.1 Å². The van der Waals surface area contributed by atoms with E-state index < -0.39 is 5.54 Å². The van der Waals surface area contributed by atoms with Crippen LogP contribution in [0.5, 0.6) is 0 Å². The van der Waals surface area contributed by atoms with Gasteiger partial charge in [-0.25, -0.2) is 9.18 Å². The zero-order valence-electron chi connectivity index (χ0n) is 12.6. The van der Waals surface area contributed by atoms with Crippen molar-refractivity contribution in [2.75, 3.05) is 6.54 Å². The molecule has 4 heteroatoms. The van der Waals surface area contributed by atoms with E-state index in [9.17, 15) is 9.18 Å². The molecule has 0 saturated carbocycles. The van der Waals surface area contributed by atoms with E-state index in [0.717, 1.165) is 12.8 Å². The standard InChI is InChI=1S/C16H25FN2O/c1-4-5-6-9-12-18-15(20)19-16(2,3)13-10-7-8-11-14(13)17/h7-8,10-11H,4-6,9,12H2,1-3H3,(H2,18,19,20). The summed E-state index contributed by atoms with van der Waals surface area (Å²) in [6.45, 7) is 6.39. The quantitative estimate of drug-likeness (QED) is 0.730. The van der Waals surface area contributed by atoms with Crippen LogP contribution in [0.1, 0.15) is 52.0 Å². The van der Waals surface area contributed by atoms with Crippen molar-refractivity contribution in [3.63, 3.8) is 0 Å². The number of nitrogens with one attached hydrogen (secondary N) is 2. The molecule has 20 heavy (non-hydrogen) atoms. The zero-order valence-corrected chi connectivity index (χ0v) is 12.6. The van der Waals surface area contributed by atoms with E-state index in [1.54, 1.807) is 32.0 Å². The molecule has 0 unspecified atom stereocenters. The maximum atomic E-state index is 13.8. The van der Waals surface area contributed by atoms with Gasteiger partial charge < -0.3 is 10.6 Å². The van der Waals surface area contributed by atoms with E-state index in [1.165, 1.54) is 18.9 Å². The Morgan fingerprint density at radius 1 is 1.20 bits per heavy atom. The van der Waals surface area contributed by atoms with E-state index in [2.05, 4.69) is 17.6 Å². The lowest BCUT2D eigenvalue weighted by molar-refractivity contribution is 0.229. The third-order valence-electron chi connectivity index (χ3n) is 3.29. The lowest BCUT2D eigenvalue weighted by atomic mass is 9.94. The van der Waals surface area contributed by atoms with Crippen molar-refractivity contribution < 1.29 is 9.18 Å². The molecule has 2 amide bonds. The van der Waals surface area contributed by atoms with Crippen LogP contribution in [0.3, 0.4) is 0 Å². The number of halogens is 1. The van der Waals surface area contributed by atoms with E-state index in [-0.39, 0.29) is 11.8 Å². The Morgan fingerprint density at radius 3 is 2.55 bits per heavy atom. The summed E-state index contributed by atoms with van der Waals surface area (Å²) in [5, 5.41) is 5.63. The van der Waals surface area contributed by atoms with Crippen molar-refractivity contribution in [2.45, 2.75) is 52.0 Å². The number of benzene rings is 1. The smallest absolute Gasteiger partial charge is 0.315 e. The maximum Gasteiger partial charge on any atom is 0.315 e. The Morgan fingerprint density at radius 2 is 1.90 bits per heavy atom. The third-order valence-corrected chi connectivity index (χ3v) is 3.29. The molecular weight excluding hydrogens is 255 g/mol. The van der Waals surface area contributed by atoms with Crippen LogP contribution in [0.15, 0.2) is 24.3 Å². The molecule has 1 rings (SSSR count). The second-order valence-corrected chi connectivity index (χ2v) is 5.55. The molecule has 1 aromatic rings. The first-order chi connectivity index (χ1) is 9.47. The highest BCUT2D eigenvalue weighted by Crippen LogP contribution is 2.22. The minimum absolute atomic E-state index is 0.255. The molecule has 0 heterocycles. The Hall–Kier alpha value is -1.58. The van der Waals surface area contributed by atoms with E-state index >= 15 is 0 Å². The molecule has 112 valence electrons. The number of carbonyl (C=O) groups excluding carboxylic acids is 1. The van der Waals surface area contributed by atoms with Gasteiger partial charge >= 0.3 is 6.03 Å². The SMILES string of the molecule is CCCCCCNC(=O)NC(C)(C)c1ccccc1F. The van der Waals surface area contributed by atoms with Gasteiger partial charge in [0.2, 0.25) is 0 Å². The minimum atomic E-state index is -0.737. The summed E-state index contributed by atoms with van der Waals surface area (Å²) < 4.78 is 13.8. The summed E-state index contributed by atoms with van der Waals surface area (Å²) in [5.41, 5.74) is -0.250. The van der Waals surface area contributed by atoms with Crippen LogP contribution >= 0.6 is 0 Å². The summed E-state index contributed by atoms with van der Waals surface area (Å²) in [5.74, 6) is -0.305. The van der Waals surface area contributed by atoms with Crippen LogP contribution in [0.4, 0.5) is 9.18 Å². The number of hydrogen-bond acceptors (Lipinski definition) is 1. The monoisotopic (exact) mass is 280 g/mol. The Bertz CT molecular complexity index is 432. The van der Waals surface area contributed by atoms with Crippen LogP contribution < -0.4 is 10.6 Å². The van der Waals surface area contributed by atoms with Crippen molar-refractivity contribution in [2.24, 2.45) is 0 Å². The van der Waals surface area contributed by atoms with Gasteiger partial charge in [0.15, 0.2) is 0 Å². The zero-order chi connectivity index (χ0) is 15.0. The first-order valence-electron chi connectivity index (χ1n) is 7.28. The van der Waals surface area contributed by atoms with Gasteiger partial charge in [0.25, 0.3) is 0 Å². The molecule has 0 fully saturated rings. The molecule has 0 aliphatic carbocycles. The molecular formula is C16H25FN2O. The predicted molar refractivity (Wildman–Crippen MR) is 80.1 cm³/mol. The number of unbranched alkanes of at least 4 members (excludes halogenated alkanes) is 3. The van der Waals surface area contributed by atoms with Crippen LogP contribution in [0.2, 0.25) is 0 Å². The second-order valence-electron chi connectivity index (χ2n) is 5.55. The van der Waals surface area contributed by atoms with Crippen LogP contribution in [0.25, 0.3) is 0 Å². The molecule has 0 aliphatic rings. The van der Waals surface area contributed by atoms with Gasteiger partial charge in [-0.05, 0) is 26.3 Å². The van der Waals surface area contributed by atoms with Crippen molar-refractivity contribution >= 4 is 6.03 Å². The fraction of sp³-hybridized carbons (Fsp3) is 0.562. The largest absolute Gasteiger partial charge is 0.338 e. The third kappa shape index (κ3) is 5.19. The number of rotatable bonds is 7. The number of hydrogen-bond donors (Lipinski definition) is 2. The highest BCUT2D eigenvalue weighted by molar-refractivity contribution is 5.74. The molecule has 0 atom stereocenters. The molecule has 0 bridgehead atoms. The molecule has 0 radical (unpaired) electrons. The summed E-state index contributed by atoms with van der Waals surface area (Å²) >= 11 is 0. The lowest BCUT2D eigenvalue weighted by Crippen LogP contribution is -2.47. The van der Waals surface area contributed by atoms with Gasteiger partial charge in [0, 0.05) is 12.1 Å². The lowest BCUT2D eigenvalue weighted by Gasteiger charge is -2.27. The fourth-order valence-electron chi connectivity index (χ4n) is 2.12. The molecule has 0 spiro atoms. The van der Waals surface area contributed by atoms with E-state index in [1.807, 2.05) is 0 Å². The molecule has 1 aromatic carbocycles. The summed E-state index contributed by atoms with van der Waals surface area (Å²) in [6.07, 6.45) is 4.45. The normalized spacial score (nSPS) is 11.2. The van der Waals surface area contributed by atoms with E-state index in [4.69, 9.17) is 0 Å². The van der Waals surface area contributed by atoms with Crippen LogP contribution in [-0.4, -0.2) is 12.6 Å². The highest BCUT2D eigenvalue weighted by Gasteiger charge is 2.25. The predicted octanol–water partition coefficient (Wildman–Crippen LogP) is 3.94. The molecule has 0 aliphatic heterocycles. The van der Waals surface area contributed by atoms with E-state index in [0.29, 0.717) is 12.1 Å². The molecule has 3 nitrogen and oxygen atoms in total. The van der Waals surface area contributed by atoms with Crippen molar-refractivity contribution in [3.8, 4) is 0 Å². The Balaban J connectivity index is 2.46. The Kier molecular flexibility index (Phi) is 6.49. The first-order valence-corrected chi connectivity index (χ1v) is 7.28. The summed E-state index contributed by atoms with van der Waals surface area (Å²) in [7, 11) is 0.